The van der Waals surface area contributed by atoms with Crippen molar-refractivity contribution in [3.63, 3.8) is 0 Å². The summed E-state index contributed by atoms with van der Waals surface area (Å²) in [5.41, 5.74) is -3.94. The van der Waals surface area contributed by atoms with Crippen molar-refractivity contribution in [1.29, 1.82) is 0 Å². The Balaban J connectivity index is 2.48. The molecule has 30 heavy (non-hydrogen) atoms. The van der Waals surface area contributed by atoms with Gasteiger partial charge in [-0.15, -0.1) is 0 Å². The lowest BCUT2D eigenvalue weighted by Crippen LogP contribution is -2.53. The minimum Gasteiger partial charge on any atom is -0.511 e. The number of methoxy groups -OCH3 is 4. The molecule has 0 unspecified atom stereocenters. The van der Waals surface area contributed by atoms with E-state index in [9.17, 15) is 29.4 Å². The third kappa shape index (κ3) is 2.30. The average molecular weight is 424 g/mol. The van der Waals surface area contributed by atoms with Crippen LogP contribution in [0.3, 0.4) is 0 Å². The van der Waals surface area contributed by atoms with Crippen LogP contribution >= 0.6 is 0 Å². The fraction of sp³-hybridized carbons (Fsp3) is 0.600. The Bertz CT molecular complexity index is 812. The van der Waals surface area contributed by atoms with E-state index >= 15 is 0 Å². The van der Waals surface area contributed by atoms with E-state index < -0.39 is 58.1 Å². The van der Waals surface area contributed by atoms with Gasteiger partial charge in [-0.05, 0) is 12.8 Å². The van der Waals surface area contributed by atoms with Crippen molar-refractivity contribution in [2.75, 3.05) is 28.4 Å². The van der Waals surface area contributed by atoms with Gasteiger partial charge in [-0.2, -0.15) is 0 Å². The summed E-state index contributed by atoms with van der Waals surface area (Å²) in [5, 5.41) is 22.2. The second-order valence-corrected chi connectivity index (χ2v) is 7.57. The molecule has 0 saturated heterocycles. The highest BCUT2D eigenvalue weighted by Gasteiger charge is 2.79. The molecule has 0 aromatic heterocycles. The van der Waals surface area contributed by atoms with Gasteiger partial charge in [0, 0.05) is 10.8 Å². The Labute approximate surface area is 172 Å². The van der Waals surface area contributed by atoms with E-state index in [4.69, 9.17) is 18.9 Å². The summed E-state index contributed by atoms with van der Waals surface area (Å²) in [6.07, 6.45) is 1.22. The molecule has 10 nitrogen and oxygen atoms in total. The minimum atomic E-state index is -1.64. The van der Waals surface area contributed by atoms with Crippen molar-refractivity contribution in [3.8, 4) is 0 Å². The monoisotopic (exact) mass is 424 g/mol. The summed E-state index contributed by atoms with van der Waals surface area (Å²) >= 11 is 0. The number of hydrogen-bond acceptors (Lipinski definition) is 10. The summed E-state index contributed by atoms with van der Waals surface area (Å²) in [6.45, 7) is 0. The number of aliphatic hydroxyl groups excluding tert-OH is 2. The number of rotatable bonds is 4. The number of aliphatic hydroxyl groups is 2. The third-order valence-corrected chi connectivity index (χ3v) is 6.78. The van der Waals surface area contributed by atoms with Crippen molar-refractivity contribution in [2.24, 2.45) is 22.7 Å². The third-order valence-electron chi connectivity index (χ3n) is 6.78. The lowest BCUT2D eigenvalue weighted by Gasteiger charge is -2.49. The van der Waals surface area contributed by atoms with E-state index in [1.807, 2.05) is 0 Å². The maximum absolute atomic E-state index is 12.8. The molecular weight excluding hydrogens is 400 g/mol. The van der Waals surface area contributed by atoms with E-state index in [1.54, 1.807) is 0 Å². The van der Waals surface area contributed by atoms with E-state index in [2.05, 4.69) is 0 Å². The van der Waals surface area contributed by atoms with E-state index in [0.29, 0.717) is 12.8 Å². The second kappa shape index (κ2) is 7.33. The molecule has 0 aromatic carbocycles. The van der Waals surface area contributed by atoms with Gasteiger partial charge in [0.2, 0.25) is 0 Å². The van der Waals surface area contributed by atoms with Gasteiger partial charge >= 0.3 is 23.9 Å². The van der Waals surface area contributed by atoms with Gasteiger partial charge in [0.15, 0.2) is 0 Å². The summed E-state index contributed by atoms with van der Waals surface area (Å²) in [5.74, 6) is -8.09. The van der Waals surface area contributed by atoms with Gasteiger partial charge < -0.3 is 29.2 Å². The number of carbonyl (C=O) groups excluding carboxylic acids is 4. The van der Waals surface area contributed by atoms with Crippen molar-refractivity contribution < 1.29 is 48.3 Å². The Kier molecular flexibility index (Phi) is 5.30. The fourth-order valence-electron chi connectivity index (χ4n) is 5.89. The average Bonchev–Trinajstić information content (AvgIpc) is 3.11. The van der Waals surface area contributed by atoms with Crippen LogP contribution in [0.2, 0.25) is 0 Å². The van der Waals surface area contributed by atoms with Gasteiger partial charge in [0.05, 0.1) is 39.6 Å². The molecule has 1 saturated carbocycles. The molecule has 0 aliphatic heterocycles. The quantitative estimate of drug-likeness (QED) is 0.497. The van der Waals surface area contributed by atoms with Crippen LogP contribution in [0.15, 0.2) is 22.7 Å². The molecule has 3 rings (SSSR count). The summed E-state index contributed by atoms with van der Waals surface area (Å²) in [6, 6.07) is 0. The Morgan fingerprint density at radius 1 is 0.700 bits per heavy atom. The minimum absolute atomic E-state index is 0.110. The largest absolute Gasteiger partial charge is 0.511 e. The van der Waals surface area contributed by atoms with Crippen LogP contribution in [0.1, 0.15) is 25.7 Å². The SMILES string of the molecule is COC(=O)C1=C(O)[C@H](C(=O)OC)[C@]23CCCC[C@]12[C@@H](C(=O)OC)C(O)=C3C(=O)OC. The summed E-state index contributed by atoms with van der Waals surface area (Å²) < 4.78 is 19.5. The van der Waals surface area contributed by atoms with Gasteiger partial charge in [-0.1, -0.05) is 12.8 Å². The molecule has 3 aliphatic carbocycles. The van der Waals surface area contributed by atoms with Crippen LogP contribution in [-0.4, -0.2) is 62.5 Å². The first kappa shape index (κ1) is 21.7. The second-order valence-electron chi connectivity index (χ2n) is 7.57. The van der Waals surface area contributed by atoms with Crippen LogP contribution in [0.4, 0.5) is 0 Å². The molecule has 0 amide bonds. The fourth-order valence-corrected chi connectivity index (χ4v) is 5.89. The first-order valence-electron chi connectivity index (χ1n) is 9.40. The molecule has 0 bridgehead atoms. The molecule has 0 radical (unpaired) electrons. The highest BCUT2D eigenvalue weighted by molar-refractivity contribution is 6.03. The molecule has 4 atom stereocenters. The first-order valence-corrected chi connectivity index (χ1v) is 9.40. The molecule has 164 valence electrons. The van der Waals surface area contributed by atoms with Crippen molar-refractivity contribution in [2.45, 2.75) is 25.7 Å². The van der Waals surface area contributed by atoms with Gasteiger partial charge in [-0.25, -0.2) is 9.59 Å². The maximum Gasteiger partial charge on any atom is 0.337 e. The summed E-state index contributed by atoms with van der Waals surface area (Å²) in [4.78, 5) is 51.3. The van der Waals surface area contributed by atoms with Crippen LogP contribution in [0, 0.1) is 22.7 Å². The standard InChI is InChI=1S/C20H24O10/c1-27-15(23)9-13(21)10(16(24)28-2)20-8-6-5-7-19(9,20)11(17(25)29-3)14(22)12(20)18(26)30-4/h9,12,21-22H,5-8H2,1-4H3/t9-,12-,19+,20-/m1/s1. The molecule has 3 aliphatic rings. The zero-order chi connectivity index (χ0) is 22.4. The normalized spacial score (nSPS) is 32.3. The lowest BCUT2D eigenvalue weighted by molar-refractivity contribution is -0.161. The molecule has 10 heteroatoms. The zero-order valence-corrected chi connectivity index (χ0v) is 17.1. The van der Waals surface area contributed by atoms with Gasteiger partial charge in [0.1, 0.15) is 23.4 Å². The van der Waals surface area contributed by atoms with Crippen LogP contribution in [0.25, 0.3) is 0 Å². The van der Waals surface area contributed by atoms with E-state index in [-0.39, 0.29) is 24.0 Å². The topological polar surface area (TPSA) is 146 Å². The number of hydrogen-bond donors (Lipinski definition) is 2. The van der Waals surface area contributed by atoms with Crippen molar-refractivity contribution in [3.05, 3.63) is 22.7 Å². The predicted octanol–water partition coefficient (Wildman–Crippen LogP) is 1.11. The predicted molar refractivity (Wildman–Crippen MR) is 97.7 cm³/mol. The molecule has 2 N–H and O–H groups in total. The Hall–Kier alpha value is -3.04. The number of ether oxygens (including phenoxy) is 4. The molecule has 0 spiro atoms. The van der Waals surface area contributed by atoms with Gasteiger partial charge in [0.25, 0.3) is 0 Å². The first-order chi connectivity index (χ1) is 14.2. The molecular formula is C20H24O10. The molecule has 0 aromatic rings. The van der Waals surface area contributed by atoms with Crippen molar-refractivity contribution >= 4 is 23.9 Å². The lowest BCUT2D eigenvalue weighted by atomic mass is 9.50. The Morgan fingerprint density at radius 3 is 1.30 bits per heavy atom. The maximum atomic E-state index is 12.8. The van der Waals surface area contributed by atoms with Crippen LogP contribution in [-0.2, 0) is 38.1 Å². The van der Waals surface area contributed by atoms with Crippen LogP contribution < -0.4 is 0 Å². The molecule has 0 heterocycles. The van der Waals surface area contributed by atoms with Crippen LogP contribution in [0.5, 0.6) is 0 Å². The van der Waals surface area contributed by atoms with E-state index in [0.717, 1.165) is 28.4 Å². The van der Waals surface area contributed by atoms with Gasteiger partial charge in [-0.3, -0.25) is 9.59 Å². The molecule has 1 fully saturated rings. The zero-order valence-electron chi connectivity index (χ0n) is 17.1. The van der Waals surface area contributed by atoms with E-state index in [1.165, 1.54) is 0 Å². The highest BCUT2D eigenvalue weighted by atomic mass is 16.5. The number of esters is 4. The van der Waals surface area contributed by atoms with Crippen molar-refractivity contribution in [1.82, 2.24) is 0 Å². The number of carbonyl (C=O) groups is 4. The Morgan fingerprint density at radius 2 is 1.03 bits per heavy atom. The highest BCUT2D eigenvalue weighted by Crippen LogP contribution is 2.76. The summed E-state index contributed by atoms with van der Waals surface area (Å²) in [7, 11) is 4.37. The smallest absolute Gasteiger partial charge is 0.337 e.